The molecule has 1 aliphatic heterocycles. The fourth-order valence-electron chi connectivity index (χ4n) is 3.82. The molecule has 0 bridgehead atoms. The SMILES string of the molecule is COc1ccc(NC(=O)C(NC(=O)c2ccccc2F)C(C)C)cc1S(=O)(=O)N1CCCCC1. The average molecular weight is 492 g/mol. The van der Waals surface area contributed by atoms with Gasteiger partial charge in [-0.1, -0.05) is 32.4 Å². The van der Waals surface area contributed by atoms with Gasteiger partial charge in [0.25, 0.3) is 5.91 Å². The lowest BCUT2D eigenvalue weighted by Gasteiger charge is -2.27. The zero-order chi connectivity index (χ0) is 24.9. The molecule has 0 spiro atoms. The van der Waals surface area contributed by atoms with Gasteiger partial charge in [0.1, 0.15) is 22.5 Å². The molecule has 1 heterocycles. The molecule has 1 saturated heterocycles. The van der Waals surface area contributed by atoms with E-state index in [1.165, 1.54) is 53.9 Å². The first-order valence-electron chi connectivity index (χ1n) is 11.2. The van der Waals surface area contributed by atoms with E-state index < -0.39 is 33.7 Å². The molecule has 0 aromatic heterocycles. The summed E-state index contributed by atoms with van der Waals surface area (Å²) >= 11 is 0. The van der Waals surface area contributed by atoms with E-state index in [2.05, 4.69) is 10.6 Å². The van der Waals surface area contributed by atoms with Crippen LogP contribution in [0.4, 0.5) is 10.1 Å². The lowest BCUT2D eigenvalue weighted by Crippen LogP contribution is -2.47. The fraction of sp³-hybridized carbons (Fsp3) is 0.417. The van der Waals surface area contributed by atoms with Gasteiger partial charge >= 0.3 is 0 Å². The van der Waals surface area contributed by atoms with Crippen LogP contribution in [0.2, 0.25) is 0 Å². The van der Waals surface area contributed by atoms with Crippen LogP contribution in [0.3, 0.4) is 0 Å². The molecule has 2 aromatic carbocycles. The first-order chi connectivity index (χ1) is 16.1. The molecule has 1 atom stereocenters. The summed E-state index contributed by atoms with van der Waals surface area (Å²) in [6.07, 6.45) is 2.56. The second kappa shape index (κ2) is 11.0. The number of nitrogens with zero attached hydrogens (tertiary/aromatic N) is 1. The average Bonchev–Trinajstić information content (AvgIpc) is 2.82. The molecule has 0 aliphatic carbocycles. The molecule has 8 nitrogen and oxygen atoms in total. The Morgan fingerprint density at radius 2 is 1.74 bits per heavy atom. The van der Waals surface area contributed by atoms with Gasteiger partial charge in [-0.2, -0.15) is 4.31 Å². The molecular weight excluding hydrogens is 461 g/mol. The van der Waals surface area contributed by atoms with E-state index in [9.17, 15) is 22.4 Å². The van der Waals surface area contributed by atoms with E-state index in [0.717, 1.165) is 19.3 Å². The van der Waals surface area contributed by atoms with Crippen LogP contribution in [0.5, 0.6) is 5.75 Å². The Morgan fingerprint density at radius 3 is 2.35 bits per heavy atom. The predicted octanol–water partition coefficient (Wildman–Crippen LogP) is 3.40. The van der Waals surface area contributed by atoms with Gasteiger partial charge in [0.05, 0.1) is 12.7 Å². The van der Waals surface area contributed by atoms with Crippen LogP contribution in [0.15, 0.2) is 47.4 Å². The largest absolute Gasteiger partial charge is 0.495 e. The van der Waals surface area contributed by atoms with Gasteiger partial charge in [0, 0.05) is 18.8 Å². The van der Waals surface area contributed by atoms with E-state index in [1.54, 1.807) is 13.8 Å². The summed E-state index contributed by atoms with van der Waals surface area (Å²) in [6.45, 7) is 4.34. The van der Waals surface area contributed by atoms with Crippen molar-refractivity contribution in [1.29, 1.82) is 0 Å². The number of halogens is 1. The summed E-state index contributed by atoms with van der Waals surface area (Å²) < 4.78 is 47.1. The second-order valence-electron chi connectivity index (χ2n) is 8.49. The maximum Gasteiger partial charge on any atom is 0.254 e. The van der Waals surface area contributed by atoms with Crippen molar-refractivity contribution in [1.82, 2.24) is 9.62 Å². The van der Waals surface area contributed by atoms with E-state index in [0.29, 0.717) is 13.1 Å². The van der Waals surface area contributed by atoms with Gasteiger partial charge < -0.3 is 15.4 Å². The molecule has 1 fully saturated rings. The molecule has 10 heteroatoms. The minimum Gasteiger partial charge on any atom is -0.495 e. The molecular formula is C24H30FN3O5S. The summed E-state index contributed by atoms with van der Waals surface area (Å²) in [6, 6.07) is 8.90. The third-order valence-electron chi connectivity index (χ3n) is 5.72. The highest BCUT2D eigenvalue weighted by Crippen LogP contribution is 2.31. The molecule has 2 aromatic rings. The van der Waals surface area contributed by atoms with Crippen molar-refractivity contribution in [3.05, 3.63) is 53.8 Å². The maximum absolute atomic E-state index is 14.0. The zero-order valence-electron chi connectivity index (χ0n) is 19.5. The topological polar surface area (TPSA) is 105 Å². The Hall–Kier alpha value is -2.98. The van der Waals surface area contributed by atoms with Crippen LogP contribution in [-0.2, 0) is 14.8 Å². The Kier molecular flexibility index (Phi) is 8.27. The summed E-state index contributed by atoms with van der Waals surface area (Å²) in [5.41, 5.74) is 0.0764. The van der Waals surface area contributed by atoms with Gasteiger partial charge in [-0.3, -0.25) is 9.59 Å². The standard InChI is InChI=1S/C24H30FN3O5S/c1-16(2)22(27-23(29)18-9-5-6-10-19(18)25)24(30)26-17-11-12-20(33-3)21(15-17)34(31,32)28-13-7-4-8-14-28/h5-6,9-12,15-16,22H,4,7-8,13-14H2,1-3H3,(H,26,30)(H,27,29). The molecule has 1 unspecified atom stereocenters. The number of methoxy groups -OCH3 is 1. The van der Waals surface area contributed by atoms with Crippen LogP contribution in [0.1, 0.15) is 43.5 Å². The summed E-state index contributed by atoms with van der Waals surface area (Å²) in [5, 5.41) is 5.25. The van der Waals surface area contributed by atoms with Crippen LogP contribution >= 0.6 is 0 Å². The number of sulfonamides is 1. The molecule has 1 aliphatic rings. The van der Waals surface area contributed by atoms with Crippen molar-refractivity contribution in [2.75, 3.05) is 25.5 Å². The van der Waals surface area contributed by atoms with Crippen molar-refractivity contribution >= 4 is 27.5 Å². The molecule has 3 rings (SSSR count). The number of rotatable bonds is 8. The van der Waals surface area contributed by atoms with Gasteiger partial charge in [0.2, 0.25) is 15.9 Å². The lowest BCUT2D eigenvalue weighted by atomic mass is 10.0. The summed E-state index contributed by atoms with van der Waals surface area (Å²) in [4.78, 5) is 25.5. The Balaban J connectivity index is 1.83. The second-order valence-corrected chi connectivity index (χ2v) is 10.4. The number of carbonyl (C=O) groups is 2. The van der Waals surface area contributed by atoms with Crippen molar-refractivity contribution < 1.29 is 27.1 Å². The first kappa shape index (κ1) is 25.6. The Morgan fingerprint density at radius 1 is 1.06 bits per heavy atom. The van der Waals surface area contributed by atoms with Gasteiger partial charge in [-0.25, -0.2) is 12.8 Å². The van der Waals surface area contributed by atoms with Crippen LogP contribution in [-0.4, -0.2) is 50.8 Å². The molecule has 34 heavy (non-hydrogen) atoms. The van der Waals surface area contributed by atoms with E-state index >= 15 is 0 Å². The lowest BCUT2D eigenvalue weighted by molar-refractivity contribution is -0.118. The highest BCUT2D eigenvalue weighted by Gasteiger charge is 2.30. The first-order valence-corrected chi connectivity index (χ1v) is 12.6. The molecule has 0 radical (unpaired) electrons. The minimum atomic E-state index is -3.81. The number of amides is 2. The third kappa shape index (κ3) is 5.74. The highest BCUT2D eigenvalue weighted by atomic mass is 32.2. The van der Waals surface area contributed by atoms with Crippen LogP contribution < -0.4 is 15.4 Å². The quantitative estimate of drug-likeness (QED) is 0.589. The molecule has 0 saturated carbocycles. The van der Waals surface area contributed by atoms with Crippen molar-refractivity contribution in [3.8, 4) is 5.75 Å². The van der Waals surface area contributed by atoms with Crippen LogP contribution in [0, 0.1) is 11.7 Å². The monoisotopic (exact) mass is 491 g/mol. The zero-order valence-corrected chi connectivity index (χ0v) is 20.3. The molecule has 2 N–H and O–H groups in total. The number of benzene rings is 2. The number of hydrogen-bond donors (Lipinski definition) is 2. The fourth-order valence-corrected chi connectivity index (χ4v) is 5.52. The normalized spacial score (nSPS) is 15.6. The van der Waals surface area contributed by atoms with Crippen molar-refractivity contribution in [2.45, 2.75) is 44.0 Å². The Labute approximate surface area is 199 Å². The number of anilines is 1. The highest BCUT2D eigenvalue weighted by molar-refractivity contribution is 7.89. The number of hydrogen-bond acceptors (Lipinski definition) is 5. The van der Waals surface area contributed by atoms with Gasteiger partial charge in [0.15, 0.2) is 0 Å². The third-order valence-corrected chi connectivity index (χ3v) is 7.64. The minimum absolute atomic E-state index is 0.0359. The van der Waals surface area contributed by atoms with E-state index in [4.69, 9.17) is 4.74 Å². The smallest absolute Gasteiger partial charge is 0.254 e. The van der Waals surface area contributed by atoms with Crippen LogP contribution in [0.25, 0.3) is 0 Å². The van der Waals surface area contributed by atoms with Gasteiger partial charge in [-0.05, 0) is 49.1 Å². The van der Waals surface area contributed by atoms with Gasteiger partial charge in [-0.15, -0.1) is 0 Å². The number of nitrogens with one attached hydrogen (secondary N) is 2. The van der Waals surface area contributed by atoms with E-state index in [-0.39, 0.29) is 27.8 Å². The Bertz CT molecular complexity index is 1150. The molecule has 2 amide bonds. The predicted molar refractivity (Wildman–Crippen MR) is 127 cm³/mol. The summed E-state index contributed by atoms with van der Waals surface area (Å²) in [5.74, 6) is -2.09. The van der Waals surface area contributed by atoms with E-state index in [1.807, 2.05) is 0 Å². The molecule has 184 valence electrons. The number of piperidine rings is 1. The van der Waals surface area contributed by atoms with Crippen molar-refractivity contribution in [3.63, 3.8) is 0 Å². The summed E-state index contributed by atoms with van der Waals surface area (Å²) in [7, 11) is -2.43. The van der Waals surface area contributed by atoms with Crippen molar-refractivity contribution in [2.24, 2.45) is 5.92 Å². The number of ether oxygens (including phenoxy) is 1. The number of carbonyl (C=O) groups excluding carboxylic acids is 2. The maximum atomic E-state index is 14.0.